The maximum absolute atomic E-state index is 12.6. The smallest absolute Gasteiger partial charge is 0.362 e. The summed E-state index contributed by atoms with van der Waals surface area (Å²) in [5.41, 5.74) is 3.25. The minimum absolute atomic E-state index is 0.235. The van der Waals surface area contributed by atoms with Crippen molar-refractivity contribution in [2.75, 3.05) is 5.75 Å². The minimum Gasteiger partial charge on any atom is -0.478 e. The van der Waals surface area contributed by atoms with E-state index in [0.29, 0.717) is 5.75 Å². The van der Waals surface area contributed by atoms with Crippen LogP contribution in [0.15, 0.2) is 5.16 Å². The van der Waals surface area contributed by atoms with Gasteiger partial charge in [0.2, 0.25) is 5.60 Å². The van der Waals surface area contributed by atoms with Crippen molar-refractivity contribution in [1.29, 1.82) is 0 Å². The molecule has 2 aliphatic heterocycles. The lowest BCUT2D eigenvalue weighted by molar-refractivity contribution is -0.161. The Labute approximate surface area is 164 Å². The Morgan fingerprint density at radius 3 is 2.50 bits per heavy atom. The average Bonchev–Trinajstić information content (AvgIpc) is 2.97. The predicted molar refractivity (Wildman–Crippen MR) is 97.4 cm³/mol. The van der Waals surface area contributed by atoms with Crippen LogP contribution in [0.3, 0.4) is 0 Å². The molecule has 0 aromatic heterocycles. The molecule has 0 aromatic carbocycles. The molecule has 13 nitrogen and oxygen atoms in total. The predicted octanol–water partition coefficient (Wildman–Crippen LogP) is -2.31. The van der Waals surface area contributed by atoms with Crippen LogP contribution >= 0.6 is 11.8 Å². The number of nitrogens with zero attached hydrogens (tertiary/aromatic N) is 2. The van der Waals surface area contributed by atoms with Gasteiger partial charge in [0.1, 0.15) is 11.5 Å². The number of hydrogen-bond acceptors (Lipinski definition) is 10. The number of carboxylic acid groups (broad SMARTS) is 1. The van der Waals surface area contributed by atoms with E-state index in [-0.39, 0.29) is 10.0 Å². The molecule has 2 fully saturated rings. The number of aliphatic carboxylic acids is 1. The second kappa shape index (κ2) is 7.82. The van der Waals surface area contributed by atoms with Crippen LogP contribution in [0, 0.1) is 0 Å². The molecule has 0 radical (unpaired) electrons. The molecular formula is C13H21N5O8S2. The molecule has 0 saturated carbocycles. The van der Waals surface area contributed by atoms with E-state index in [2.05, 4.69) is 15.8 Å². The molecule has 2 rings (SSSR count). The Balaban J connectivity index is 2.18. The molecular weight excluding hydrogens is 418 g/mol. The molecule has 0 aromatic rings. The first-order chi connectivity index (χ1) is 12.8. The van der Waals surface area contributed by atoms with Gasteiger partial charge in [-0.2, -0.15) is 8.42 Å². The molecule has 28 heavy (non-hydrogen) atoms. The third kappa shape index (κ3) is 4.54. The Morgan fingerprint density at radius 1 is 1.46 bits per heavy atom. The van der Waals surface area contributed by atoms with Crippen LogP contribution in [0.1, 0.15) is 20.8 Å². The standard InChI is InChI=1S/C13H21N5O8S2/c1-5-7(10(20)18(5)28(23,24)25)16-9(19)8(6-4-27-12(14)15-6)17-26-13(2,3)11(21)22/h5-7,12,15H,4,14H2,1-3H3,(H,16,19)(H,21,22)(H,23,24,25)/t5-,6?,7-,12?/m0/s1. The third-order valence-corrected chi connectivity index (χ3v) is 6.16. The highest BCUT2D eigenvalue weighted by atomic mass is 32.2. The molecule has 2 amide bonds. The summed E-state index contributed by atoms with van der Waals surface area (Å²) in [7, 11) is -4.74. The van der Waals surface area contributed by atoms with E-state index in [4.69, 9.17) is 20.2 Å². The molecule has 6 N–H and O–H groups in total. The quantitative estimate of drug-likeness (QED) is 0.123. The van der Waals surface area contributed by atoms with Crippen molar-refractivity contribution in [1.82, 2.24) is 14.9 Å². The SMILES string of the molecule is C[C@H]1[C@H](NC(=O)C(=NOC(C)(C)C(=O)O)C2CSC(N)N2)C(=O)N1S(=O)(=O)O. The van der Waals surface area contributed by atoms with Gasteiger partial charge in [0, 0.05) is 5.75 Å². The highest BCUT2D eigenvalue weighted by molar-refractivity contribution is 8.00. The fourth-order valence-corrected chi connectivity index (χ4v) is 4.23. The van der Waals surface area contributed by atoms with Gasteiger partial charge in [-0.05, 0) is 20.8 Å². The zero-order valence-electron chi connectivity index (χ0n) is 15.1. The summed E-state index contributed by atoms with van der Waals surface area (Å²) in [5, 5.41) is 17.9. The fraction of sp³-hybridized carbons (Fsp3) is 0.692. The van der Waals surface area contributed by atoms with E-state index in [1.54, 1.807) is 0 Å². The Morgan fingerprint density at radius 2 is 2.07 bits per heavy atom. The summed E-state index contributed by atoms with van der Waals surface area (Å²) < 4.78 is 31.5. The normalized spacial score (nSPS) is 28.7. The van der Waals surface area contributed by atoms with Gasteiger partial charge in [0.05, 0.1) is 12.1 Å². The lowest BCUT2D eigenvalue weighted by Crippen LogP contribution is -2.71. The maximum atomic E-state index is 12.6. The van der Waals surface area contributed by atoms with E-state index >= 15 is 0 Å². The van der Waals surface area contributed by atoms with Gasteiger partial charge in [-0.1, -0.05) is 5.16 Å². The van der Waals surface area contributed by atoms with E-state index in [1.165, 1.54) is 32.5 Å². The van der Waals surface area contributed by atoms with E-state index in [0.717, 1.165) is 0 Å². The topological polar surface area (TPSA) is 201 Å². The average molecular weight is 439 g/mol. The van der Waals surface area contributed by atoms with Gasteiger partial charge in [0.25, 0.3) is 11.8 Å². The maximum Gasteiger partial charge on any atom is 0.362 e. The first-order valence-corrected chi connectivity index (χ1v) is 10.4. The van der Waals surface area contributed by atoms with Crippen LogP contribution < -0.4 is 16.4 Å². The molecule has 2 aliphatic rings. The summed E-state index contributed by atoms with van der Waals surface area (Å²) in [5.74, 6) is -2.86. The van der Waals surface area contributed by atoms with Crippen LogP contribution in [0.2, 0.25) is 0 Å². The van der Waals surface area contributed by atoms with Crippen LogP contribution in [0.4, 0.5) is 0 Å². The Kier molecular flexibility index (Phi) is 6.25. The molecule has 0 bridgehead atoms. The lowest BCUT2D eigenvalue weighted by Gasteiger charge is -2.42. The Bertz CT molecular complexity index is 814. The summed E-state index contributed by atoms with van der Waals surface area (Å²) in [6.45, 7) is 3.79. The van der Waals surface area contributed by atoms with Crippen LogP contribution in [-0.2, 0) is 29.5 Å². The number of carboxylic acids is 1. The lowest BCUT2D eigenvalue weighted by atomic mass is 10.0. The first-order valence-electron chi connectivity index (χ1n) is 8.00. The van der Waals surface area contributed by atoms with Gasteiger partial charge < -0.3 is 21.0 Å². The van der Waals surface area contributed by atoms with Crippen LogP contribution in [0.5, 0.6) is 0 Å². The summed E-state index contributed by atoms with van der Waals surface area (Å²) in [6, 6.07) is -2.92. The van der Waals surface area contributed by atoms with Crippen molar-refractivity contribution in [2.45, 2.75) is 50.0 Å². The molecule has 4 atom stereocenters. The zero-order chi connectivity index (χ0) is 21.4. The number of amides is 2. The second-order valence-corrected chi connectivity index (χ2v) is 9.12. The first kappa shape index (κ1) is 22.4. The number of oxime groups is 1. The van der Waals surface area contributed by atoms with E-state index in [1.807, 2.05) is 0 Å². The molecule has 2 saturated heterocycles. The zero-order valence-corrected chi connectivity index (χ0v) is 16.8. The number of nitrogens with two attached hydrogens (primary N) is 1. The van der Waals surface area contributed by atoms with Gasteiger partial charge in [-0.25, -0.2) is 9.10 Å². The number of carbonyl (C=O) groups excluding carboxylic acids is 2. The molecule has 15 heteroatoms. The van der Waals surface area contributed by atoms with E-state index < -0.39 is 57.3 Å². The van der Waals surface area contributed by atoms with Crippen molar-refractivity contribution in [3.63, 3.8) is 0 Å². The van der Waals surface area contributed by atoms with Crippen molar-refractivity contribution >= 4 is 45.6 Å². The number of carbonyl (C=O) groups is 3. The number of rotatable bonds is 7. The number of hydrogen-bond donors (Lipinski definition) is 5. The van der Waals surface area contributed by atoms with Crippen molar-refractivity contribution in [3.05, 3.63) is 0 Å². The fourth-order valence-electron chi connectivity index (χ4n) is 2.44. The highest BCUT2D eigenvalue weighted by Crippen LogP contribution is 2.23. The molecule has 158 valence electrons. The van der Waals surface area contributed by atoms with Crippen molar-refractivity contribution < 1.29 is 37.3 Å². The largest absolute Gasteiger partial charge is 0.478 e. The summed E-state index contributed by atoms with van der Waals surface area (Å²) in [4.78, 5) is 40.7. The molecule has 0 aliphatic carbocycles. The minimum atomic E-state index is -4.74. The van der Waals surface area contributed by atoms with Gasteiger partial charge >= 0.3 is 16.3 Å². The Hall–Kier alpha value is -1.94. The van der Waals surface area contributed by atoms with Crippen molar-refractivity contribution in [3.8, 4) is 0 Å². The van der Waals surface area contributed by atoms with Gasteiger partial charge in [0.15, 0.2) is 5.71 Å². The third-order valence-electron chi connectivity index (χ3n) is 4.13. The summed E-state index contributed by atoms with van der Waals surface area (Å²) in [6.07, 6.45) is 0. The van der Waals surface area contributed by atoms with Crippen LogP contribution in [-0.4, -0.2) is 80.9 Å². The van der Waals surface area contributed by atoms with Gasteiger partial charge in [-0.15, -0.1) is 11.8 Å². The molecule has 2 unspecified atom stereocenters. The highest BCUT2D eigenvalue weighted by Gasteiger charge is 2.52. The monoisotopic (exact) mass is 439 g/mol. The molecule has 2 heterocycles. The molecule has 0 spiro atoms. The van der Waals surface area contributed by atoms with E-state index in [9.17, 15) is 22.8 Å². The number of thioether (sulfide) groups is 1. The van der Waals surface area contributed by atoms with Crippen molar-refractivity contribution in [2.24, 2.45) is 10.9 Å². The van der Waals surface area contributed by atoms with Gasteiger partial charge in [-0.3, -0.25) is 19.5 Å². The van der Waals surface area contributed by atoms with Crippen LogP contribution in [0.25, 0.3) is 0 Å². The number of nitrogens with one attached hydrogen (secondary N) is 2. The second-order valence-electron chi connectivity index (χ2n) is 6.66. The number of β-lactam (4-membered cyclic amide) rings is 1. The summed E-state index contributed by atoms with van der Waals surface area (Å²) >= 11 is 1.28.